The first-order chi connectivity index (χ1) is 14.3. The van der Waals surface area contributed by atoms with E-state index >= 15 is 0 Å². The molecule has 0 rings (SSSR count). The van der Waals surface area contributed by atoms with Crippen molar-refractivity contribution >= 4 is 35.5 Å². The number of hydrogen-bond donors (Lipinski definition) is 9. The summed E-state index contributed by atoms with van der Waals surface area (Å²) in [6.07, 6.45) is -2.56. The van der Waals surface area contributed by atoms with Crippen molar-refractivity contribution in [1.29, 1.82) is 0 Å². The molecule has 5 unspecified atom stereocenters. The molecule has 0 saturated heterocycles. The maximum atomic E-state index is 12.5. The number of carboxylic acids is 1. The van der Waals surface area contributed by atoms with Crippen molar-refractivity contribution in [3.63, 3.8) is 0 Å². The van der Waals surface area contributed by atoms with Gasteiger partial charge in [0.15, 0.2) is 0 Å². The van der Waals surface area contributed by atoms with E-state index in [4.69, 9.17) is 27.4 Å². The minimum Gasteiger partial charge on any atom is -0.480 e. The molecule has 0 aromatic heterocycles. The maximum absolute atomic E-state index is 12.5. The number of aliphatic carboxylic acids is 1. The largest absolute Gasteiger partial charge is 0.480 e. The van der Waals surface area contributed by atoms with Crippen molar-refractivity contribution in [1.82, 2.24) is 16.0 Å². The van der Waals surface area contributed by atoms with Crippen LogP contribution in [0.4, 0.5) is 0 Å². The predicted molar refractivity (Wildman–Crippen MR) is 102 cm³/mol. The van der Waals surface area contributed by atoms with Gasteiger partial charge in [-0.15, -0.1) is 0 Å². The third-order valence-electron chi connectivity index (χ3n) is 3.94. The van der Waals surface area contributed by atoms with Crippen LogP contribution in [0.25, 0.3) is 0 Å². The second-order valence-corrected chi connectivity index (χ2v) is 6.65. The van der Waals surface area contributed by atoms with Gasteiger partial charge in [0.25, 0.3) is 0 Å². The first-order valence-corrected chi connectivity index (χ1v) is 9.05. The zero-order chi connectivity index (χ0) is 24.3. The molecule has 176 valence electrons. The molecule has 0 aliphatic rings. The van der Waals surface area contributed by atoms with Crippen LogP contribution in [0.5, 0.6) is 0 Å². The lowest BCUT2D eigenvalue weighted by Crippen LogP contribution is -2.60. The molecule has 5 amide bonds. The SMILES string of the molecule is CC(O)C(NC(=O)C(CC(N)=O)NC(=O)C(N)CCC(N)=O)C(=O)NC(CO)C(=O)O. The molecule has 0 aromatic rings. The standard InChI is InChI=1S/C16H28N6O9/c1-6(24)12(15(29)21-9(5-23)16(30)31)22-14(28)8(4-11(19)26)20-13(27)7(17)2-3-10(18)25/h6-9,12,23-24H,2-5,17H2,1H3,(H2,18,25)(H2,19,26)(H,20,27)(H,21,29)(H,22,28)(H,30,31). The van der Waals surface area contributed by atoms with Gasteiger partial charge in [0.05, 0.1) is 25.2 Å². The number of rotatable bonds is 14. The zero-order valence-corrected chi connectivity index (χ0v) is 16.7. The van der Waals surface area contributed by atoms with Gasteiger partial charge < -0.3 is 48.5 Å². The molecule has 0 bridgehead atoms. The maximum Gasteiger partial charge on any atom is 0.328 e. The summed E-state index contributed by atoms with van der Waals surface area (Å²) in [6, 6.07) is -6.23. The minimum atomic E-state index is -1.70. The van der Waals surface area contributed by atoms with E-state index in [0.717, 1.165) is 6.92 Å². The Kier molecular flexibility index (Phi) is 11.7. The summed E-state index contributed by atoms with van der Waals surface area (Å²) >= 11 is 0. The summed E-state index contributed by atoms with van der Waals surface area (Å²) in [5, 5.41) is 33.8. The van der Waals surface area contributed by atoms with E-state index < -0.39 is 78.8 Å². The Balaban J connectivity index is 5.33. The number of nitrogens with one attached hydrogen (secondary N) is 3. The van der Waals surface area contributed by atoms with Crippen molar-refractivity contribution in [2.45, 2.75) is 56.5 Å². The Hall–Kier alpha value is -3.30. The van der Waals surface area contributed by atoms with Gasteiger partial charge in [-0.3, -0.25) is 24.0 Å². The fourth-order valence-electron chi connectivity index (χ4n) is 2.22. The van der Waals surface area contributed by atoms with Crippen LogP contribution in [0.3, 0.4) is 0 Å². The van der Waals surface area contributed by atoms with Crippen molar-refractivity contribution in [3.05, 3.63) is 0 Å². The lowest BCUT2D eigenvalue weighted by atomic mass is 10.1. The van der Waals surface area contributed by atoms with E-state index in [1.807, 2.05) is 5.32 Å². The monoisotopic (exact) mass is 448 g/mol. The second-order valence-electron chi connectivity index (χ2n) is 6.65. The van der Waals surface area contributed by atoms with Gasteiger partial charge in [-0.2, -0.15) is 0 Å². The lowest BCUT2D eigenvalue weighted by molar-refractivity contribution is -0.144. The highest BCUT2D eigenvalue weighted by atomic mass is 16.4. The number of amides is 5. The summed E-state index contributed by atoms with van der Waals surface area (Å²) in [4.78, 5) is 69.8. The molecule has 0 spiro atoms. The summed E-state index contributed by atoms with van der Waals surface area (Å²) in [6.45, 7) is 0.158. The lowest BCUT2D eigenvalue weighted by Gasteiger charge is -2.25. The number of nitrogens with two attached hydrogens (primary N) is 3. The minimum absolute atomic E-state index is 0.136. The van der Waals surface area contributed by atoms with Crippen LogP contribution >= 0.6 is 0 Å². The Bertz CT molecular complexity index is 699. The molecular weight excluding hydrogens is 420 g/mol. The van der Waals surface area contributed by atoms with Crippen LogP contribution in [0, 0.1) is 0 Å². The smallest absolute Gasteiger partial charge is 0.328 e. The van der Waals surface area contributed by atoms with Crippen LogP contribution in [-0.4, -0.2) is 87.7 Å². The Morgan fingerprint density at radius 1 is 0.871 bits per heavy atom. The molecule has 12 N–H and O–H groups in total. The van der Waals surface area contributed by atoms with Crippen molar-refractivity contribution in [2.24, 2.45) is 17.2 Å². The van der Waals surface area contributed by atoms with Crippen LogP contribution in [0.2, 0.25) is 0 Å². The van der Waals surface area contributed by atoms with Crippen LogP contribution in [-0.2, 0) is 28.8 Å². The van der Waals surface area contributed by atoms with E-state index in [1.165, 1.54) is 0 Å². The molecule has 0 aromatic carbocycles. The van der Waals surface area contributed by atoms with Gasteiger partial charge in [-0.1, -0.05) is 0 Å². The molecular formula is C16H28N6O9. The quantitative estimate of drug-likeness (QED) is 0.121. The van der Waals surface area contributed by atoms with Gasteiger partial charge in [0.1, 0.15) is 18.1 Å². The highest BCUT2D eigenvalue weighted by Crippen LogP contribution is 2.01. The molecule has 0 radical (unpaired) electrons. The Morgan fingerprint density at radius 3 is 1.84 bits per heavy atom. The number of aliphatic hydroxyl groups is 2. The third kappa shape index (κ3) is 10.3. The topological polar surface area (TPSA) is 277 Å². The Labute approximate surface area is 176 Å². The third-order valence-corrected chi connectivity index (χ3v) is 3.94. The van der Waals surface area contributed by atoms with E-state index in [-0.39, 0.29) is 12.8 Å². The number of carboxylic acid groups (broad SMARTS) is 1. The summed E-state index contributed by atoms with van der Waals surface area (Å²) in [5.41, 5.74) is 15.6. The zero-order valence-electron chi connectivity index (χ0n) is 16.7. The predicted octanol–water partition coefficient (Wildman–Crippen LogP) is -5.63. The number of carbonyl (C=O) groups is 6. The highest BCUT2D eigenvalue weighted by Gasteiger charge is 2.33. The second kappa shape index (κ2) is 13.1. The number of hydrogen-bond acceptors (Lipinski definition) is 9. The van der Waals surface area contributed by atoms with E-state index in [9.17, 15) is 33.9 Å². The number of primary amides is 2. The molecule has 31 heavy (non-hydrogen) atoms. The van der Waals surface area contributed by atoms with Crippen LogP contribution < -0.4 is 33.2 Å². The van der Waals surface area contributed by atoms with Gasteiger partial charge in [0, 0.05) is 6.42 Å². The van der Waals surface area contributed by atoms with Gasteiger partial charge in [-0.25, -0.2) is 4.79 Å². The first kappa shape index (κ1) is 27.7. The molecule has 5 atom stereocenters. The summed E-state index contributed by atoms with van der Waals surface area (Å²) in [7, 11) is 0. The average Bonchev–Trinajstić information content (AvgIpc) is 2.66. The van der Waals surface area contributed by atoms with E-state index in [1.54, 1.807) is 0 Å². The van der Waals surface area contributed by atoms with Crippen molar-refractivity contribution in [3.8, 4) is 0 Å². The fraction of sp³-hybridized carbons (Fsp3) is 0.625. The molecule has 0 heterocycles. The van der Waals surface area contributed by atoms with Gasteiger partial charge in [0.2, 0.25) is 29.5 Å². The average molecular weight is 448 g/mol. The number of carbonyl (C=O) groups excluding carboxylic acids is 5. The fourth-order valence-corrected chi connectivity index (χ4v) is 2.22. The first-order valence-electron chi connectivity index (χ1n) is 9.05. The summed E-state index contributed by atoms with van der Waals surface area (Å²) in [5.74, 6) is -6.42. The molecule has 0 aliphatic carbocycles. The molecule has 0 saturated carbocycles. The highest BCUT2D eigenvalue weighted by molar-refractivity contribution is 5.96. The van der Waals surface area contributed by atoms with Crippen LogP contribution in [0.15, 0.2) is 0 Å². The van der Waals surface area contributed by atoms with Gasteiger partial charge >= 0.3 is 5.97 Å². The van der Waals surface area contributed by atoms with Crippen molar-refractivity contribution in [2.75, 3.05) is 6.61 Å². The molecule has 15 heteroatoms. The summed E-state index contributed by atoms with van der Waals surface area (Å²) < 4.78 is 0. The van der Waals surface area contributed by atoms with Gasteiger partial charge in [-0.05, 0) is 13.3 Å². The molecule has 0 aliphatic heterocycles. The van der Waals surface area contributed by atoms with Crippen molar-refractivity contribution < 1.29 is 44.1 Å². The number of aliphatic hydroxyl groups excluding tert-OH is 2. The Morgan fingerprint density at radius 2 is 1.42 bits per heavy atom. The van der Waals surface area contributed by atoms with Crippen LogP contribution in [0.1, 0.15) is 26.2 Å². The normalized spacial score (nSPS) is 15.5. The van der Waals surface area contributed by atoms with E-state index in [0.29, 0.717) is 0 Å². The molecule has 15 nitrogen and oxygen atoms in total. The van der Waals surface area contributed by atoms with E-state index in [2.05, 4.69) is 10.6 Å². The molecule has 0 fully saturated rings.